The van der Waals surface area contributed by atoms with Gasteiger partial charge < -0.3 is 19.6 Å². The zero-order chi connectivity index (χ0) is 12.3. The van der Waals surface area contributed by atoms with E-state index in [9.17, 15) is 0 Å². The number of rotatable bonds is 4. The maximum Gasteiger partial charge on any atom is 0.181 e. The van der Waals surface area contributed by atoms with Crippen molar-refractivity contribution in [3.05, 3.63) is 30.4 Å². The molecule has 1 aromatic heterocycles. The van der Waals surface area contributed by atoms with E-state index in [1.807, 2.05) is 18.2 Å². The Morgan fingerprint density at radius 2 is 2.12 bits per heavy atom. The second kappa shape index (κ2) is 4.88. The second-order valence-electron chi connectivity index (χ2n) is 3.39. The maximum atomic E-state index is 5.59. The van der Waals surface area contributed by atoms with E-state index in [-0.39, 0.29) is 6.54 Å². The predicted molar refractivity (Wildman–Crippen MR) is 62.9 cm³/mol. The summed E-state index contributed by atoms with van der Waals surface area (Å²) < 4.78 is 15.7. The van der Waals surface area contributed by atoms with Gasteiger partial charge in [-0.25, -0.2) is 4.98 Å². The third-order valence-electron chi connectivity index (χ3n) is 2.49. The van der Waals surface area contributed by atoms with Crippen LogP contribution in [0.3, 0.4) is 0 Å². The van der Waals surface area contributed by atoms with E-state index in [0.717, 1.165) is 11.3 Å². The molecule has 0 saturated heterocycles. The summed E-state index contributed by atoms with van der Waals surface area (Å²) in [5, 5.41) is 0. The first-order valence-corrected chi connectivity index (χ1v) is 5.15. The lowest BCUT2D eigenvalue weighted by Gasteiger charge is -2.09. The number of ether oxygens (including phenoxy) is 2. The molecule has 0 saturated carbocycles. The molecule has 0 aliphatic rings. The standard InChI is InChI=1S/C12H14N2O3/c1-15-8-3-4-10(16-2)9(5-8)12-11(6-13)17-7-14-12/h3-5,7H,6,13H2,1-2H3. The molecule has 0 amide bonds. The van der Waals surface area contributed by atoms with Gasteiger partial charge in [0.2, 0.25) is 0 Å². The molecule has 0 fully saturated rings. The summed E-state index contributed by atoms with van der Waals surface area (Å²) >= 11 is 0. The summed E-state index contributed by atoms with van der Waals surface area (Å²) in [6.07, 6.45) is 1.37. The molecule has 0 radical (unpaired) electrons. The molecule has 2 aromatic rings. The average Bonchev–Trinajstić information content (AvgIpc) is 2.86. The lowest BCUT2D eigenvalue weighted by molar-refractivity contribution is 0.404. The number of nitrogens with zero attached hydrogens (tertiary/aromatic N) is 1. The Morgan fingerprint density at radius 1 is 1.29 bits per heavy atom. The van der Waals surface area contributed by atoms with Crippen molar-refractivity contribution in [2.45, 2.75) is 6.54 Å². The van der Waals surface area contributed by atoms with Crippen LogP contribution in [0, 0.1) is 0 Å². The second-order valence-corrected chi connectivity index (χ2v) is 3.39. The number of hydrogen-bond acceptors (Lipinski definition) is 5. The number of oxazole rings is 1. The summed E-state index contributed by atoms with van der Waals surface area (Å²) in [4.78, 5) is 4.16. The first kappa shape index (κ1) is 11.5. The van der Waals surface area contributed by atoms with Crippen LogP contribution in [0.5, 0.6) is 11.5 Å². The van der Waals surface area contributed by atoms with Gasteiger partial charge >= 0.3 is 0 Å². The number of benzene rings is 1. The molecule has 0 bridgehead atoms. The third kappa shape index (κ3) is 2.09. The van der Waals surface area contributed by atoms with Crippen molar-refractivity contribution in [3.63, 3.8) is 0 Å². The Hall–Kier alpha value is -2.01. The molecule has 0 atom stereocenters. The predicted octanol–water partition coefficient (Wildman–Crippen LogP) is 1.82. The molecule has 0 unspecified atom stereocenters. The zero-order valence-corrected chi connectivity index (χ0v) is 9.77. The van der Waals surface area contributed by atoms with Gasteiger partial charge in [-0.3, -0.25) is 0 Å². The van der Waals surface area contributed by atoms with Crippen molar-refractivity contribution < 1.29 is 13.9 Å². The minimum absolute atomic E-state index is 0.287. The van der Waals surface area contributed by atoms with Crippen molar-refractivity contribution in [2.75, 3.05) is 14.2 Å². The fourth-order valence-corrected chi connectivity index (χ4v) is 1.63. The summed E-state index contributed by atoms with van der Waals surface area (Å²) in [7, 11) is 3.21. The van der Waals surface area contributed by atoms with E-state index in [2.05, 4.69) is 4.98 Å². The van der Waals surface area contributed by atoms with E-state index < -0.39 is 0 Å². The van der Waals surface area contributed by atoms with Gasteiger partial charge in [0.25, 0.3) is 0 Å². The molecule has 2 rings (SSSR count). The molecule has 5 heteroatoms. The molecule has 17 heavy (non-hydrogen) atoms. The van der Waals surface area contributed by atoms with Gasteiger partial charge in [0.15, 0.2) is 6.39 Å². The molecule has 1 aromatic carbocycles. The molecule has 0 spiro atoms. The van der Waals surface area contributed by atoms with Crippen molar-refractivity contribution in [1.82, 2.24) is 4.98 Å². The maximum absolute atomic E-state index is 5.59. The molecule has 0 aliphatic heterocycles. The Kier molecular flexibility index (Phi) is 3.30. The van der Waals surface area contributed by atoms with Crippen LogP contribution >= 0.6 is 0 Å². The third-order valence-corrected chi connectivity index (χ3v) is 2.49. The monoisotopic (exact) mass is 234 g/mol. The van der Waals surface area contributed by atoms with Crippen LogP contribution in [0.2, 0.25) is 0 Å². The van der Waals surface area contributed by atoms with Crippen LogP contribution in [0.25, 0.3) is 11.3 Å². The molecule has 90 valence electrons. The molecule has 2 N–H and O–H groups in total. The number of hydrogen-bond donors (Lipinski definition) is 1. The van der Waals surface area contributed by atoms with Crippen molar-refractivity contribution in [1.29, 1.82) is 0 Å². The highest BCUT2D eigenvalue weighted by atomic mass is 16.5. The Bertz CT molecular complexity index is 508. The minimum atomic E-state index is 0.287. The summed E-state index contributed by atoms with van der Waals surface area (Å²) in [6.45, 7) is 0.287. The van der Waals surface area contributed by atoms with E-state index >= 15 is 0 Å². The largest absolute Gasteiger partial charge is 0.497 e. The number of nitrogens with two attached hydrogens (primary N) is 1. The van der Waals surface area contributed by atoms with E-state index in [4.69, 9.17) is 19.6 Å². The van der Waals surface area contributed by atoms with E-state index in [0.29, 0.717) is 17.2 Å². The lowest BCUT2D eigenvalue weighted by Crippen LogP contribution is -1.98. The smallest absolute Gasteiger partial charge is 0.181 e. The molecular weight excluding hydrogens is 220 g/mol. The van der Waals surface area contributed by atoms with Crippen LogP contribution in [0.1, 0.15) is 5.76 Å². The molecular formula is C12H14N2O3. The van der Waals surface area contributed by atoms with Gasteiger partial charge in [-0.05, 0) is 18.2 Å². The zero-order valence-electron chi connectivity index (χ0n) is 9.77. The van der Waals surface area contributed by atoms with Crippen LogP contribution in [-0.2, 0) is 6.54 Å². The summed E-state index contributed by atoms with van der Waals surface area (Å²) in [5.74, 6) is 2.05. The first-order chi connectivity index (χ1) is 8.30. The Morgan fingerprint density at radius 3 is 2.76 bits per heavy atom. The topological polar surface area (TPSA) is 70.5 Å². The van der Waals surface area contributed by atoms with Crippen LogP contribution in [0.15, 0.2) is 29.0 Å². The van der Waals surface area contributed by atoms with E-state index in [1.54, 1.807) is 14.2 Å². The highest BCUT2D eigenvalue weighted by Gasteiger charge is 2.14. The van der Waals surface area contributed by atoms with Gasteiger partial charge in [0.1, 0.15) is 23.0 Å². The Labute approximate surface area is 99.2 Å². The van der Waals surface area contributed by atoms with Crippen LogP contribution < -0.4 is 15.2 Å². The van der Waals surface area contributed by atoms with Crippen molar-refractivity contribution in [2.24, 2.45) is 5.73 Å². The Balaban J connectivity index is 2.56. The van der Waals surface area contributed by atoms with Gasteiger partial charge in [0, 0.05) is 5.56 Å². The fraction of sp³-hybridized carbons (Fsp3) is 0.250. The summed E-state index contributed by atoms with van der Waals surface area (Å²) in [6, 6.07) is 5.49. The summed E-state index contributed by atoms with van der Waals surface area (Å²) in [5.41, 5.74) is 7.08. The van der Waals surface area contributed by atoms with Gasteiger partial charge in [-0.2, -0.15) is 0 Å². The van der Waals surface area contributed by atoms with E-state index in [1.165, 1.54) is 6.39 Å². The molecule has 5 nitrogen and oxygen atoms in total. The van der Waals surface area contributed by atoms with Crippen molar-refractivity contribution >= 4 is 0 Å². The quantitative estimate of drug-likeness (QED) is 0.873. The fourth-order valence-electron chi connectivity index (χ4n) is 1.63. The van der Waals surface area contributed by atoms with Gasteiger partial charge in [-0.15, -0.1) is 0 Å². The van der Waals surface area contributed by atoms with Crippen LogP contribution in [0.4, 0.5) is 0 Å². The highest BCUT2D eigenvalue weighted by Crippen LogP contribution is 2.34. The van der Waals surface area contributed by atoms with Gasteiger partial charge in [0.05, 0.1) is 20.8 Å². The average molecular weight is 234 g/mol. The molecule has 0 aliphatic carbocycles. The van der Waals surface area contributed by atoms with Crippen LogP contribution in [-0.4, -0.2) is 19.2 Å². The lowest BCUT2D eigenvalue weighted by atomic mass is 10.1. The molecule has 1 heterocycles. The highest BCUT2D eigenvalue weighted by molar-refractivity contribution is 5.70. The minimum Gasteiger partial charge on any atom is -0.497 e. The van der Waals surface area contributed by atoms with Crippen molar-refractivity contribution in [3.8, 4) is 22.8 Å². The number of aromatic nitrogens is 1. The number of methoxy groups -OCH3 is 2. The SMILES string of the molecule is COc1ccc(OC)c(-c2ncoc2CN)c1. The normalized spacial score (nSPS) is 10.3. The first-order valence-electron chi connectivity index (χ1n) is 5.15. The van der Waals surface area contributed by atoms with Gasteiger partial charge in [-0.1, -0.05) is 0 Å².